The molecule has 3 heteroatoms. The molecule has 0 saturated heterocycles. The molecule has 0 spiro atoms. The number of halogens is 2. The summed E-state index contributed by atoms with van der Waals surface area (Å²) in [5.74, 6) is 3.67. The fourth-order valence-electron chi connectivity index (χ4n) is 10.1. The van der Waals surface area contributed by atoms with E-state index in [4.69, 9.17) is 0 Å². The average molecular weight is 659 g/mol. The standard InChI is InChI=1S/C18H25.C13H9.C7H6.2ClH.Zr/c1-12-3-13(2)17(4-12)11-18-8-14-5-15(9-18)7-16(6-14)10-18;1-3-7-12-10(5-1)9-11-6-2-4-8-13(11)12;1-7-5-3-2-4-6-7;;;/h4,12,14-16H,5-11H2,1-2H3;1-9H;1-6H;2*1H;/q;;;;;+2/p-2. The van der Waals surface area contributed by atoms with E-state index in [1.165, 1.54) is 61.6 Å². The monoisotopic (exact) mass is 656 g/mol. The van der Waals surface area contributed by atoms with Crippen LogP contribution >= 0.6 is 0 Å². The first kappa shape index (κ1) is 29.5. The van der Waals surface area contributed by atoms with Gasteiger partial charge >= 0.3 is 244 Å². The number of fused-ring (bicyclic) bond motifs is 3. The van der Waals surface area contributed by atoms with E-state index in [0.717, 1.165) is 17.8 Å². The van der Waals surface area contributed by atoms with Gasteiger partial charge in [0.05, 0.1) is 0 Å². The maximum Gasteiger partial charge on any atom is -1.00 e. The number of hydrogen-bond donors (Lipinski definition) is 0. The van der Waals surface area contributed by atoms with Crippen molar-refractivity contribution in [2.75, 3.05) is 0 Å². The van der Waals surface area contributed by atoms with Crippen molar-refractivity contribution in [1.82, 2.24) is 0 Å². The van der Waals surface area contributed by atoms with Crippen LogP contribution < -0.4 is 24.8 Å². The molecular formula is C38H40Cl2Zr. The van der Waals surface area contributed by atoms with Gasteiger partial charge in [-0.1, -0.05) is 0 Å². The van der Waals surface area contributed by atoms with Gasteiger partial charge in [0.1, 0.15) is 0 Å². The summed E-state index contributed by atoms with van der Waals surface area (Å²) >= 11 is -2.38. The van der Waals surface area contributed by atoms with Gasteiger partial charge in [-0.15, -0.1) is 0 Å². The van der Waals surface area contributed by atoms with Crippen LogP contribution in [0.1, 0.15) is 79.1 Å². The minimum absolute atomic E-state index is 0. The zero-order valence-corrected chi connectivity index (χ0v) is 28.2. The van der Waals surface area contributed by atoms with Crippen LogP contribution in [0.2, 0.25) is 0 Å². The molecule has 6 aliphatic carbocycles. The molecule has 4 saturated carbocycles. The fraction of sp³-hybridized carbons (Fsp3) is 0.395. The summed E-state index contributed by atoms with van der Waals surface area (Å²) in [7, 11) is 0. The molecule has 3 aromatic rings. The number of benzene rings is 3. The topological polar surface area (TPSA) is 0 Å². The van der Waals surface area contributed by atoms with Crippen molar-refractivity contribution in [3.8, 4) is 11.1 Å². The van der Waals surface area contributed by atoms with Gasteiger partial charge in [0.2, 0.25) is 0 Å². The predicted octanol–water partition coefficient (Wildman–Crippen LogP) is 3.69. The summed E-state index contributed by atoms with van der Waals surface area (Å²) < 4.78 is 5.21. The van der Waals surface area contributed by atoms with Crippen molar-refractivity contribution in [1.29, 1.82) is 0 Å². The van der Waals surface area contributed by atoms with E-state index in [0.29, 0.717) is 15.0 Å². The van der Waals surface area contributed by atoms with Crippen LogP contribution in [-0.4, -0.2) is 3.71 Å². The van der Waals surface area contributed by atoms with Gasteiger partial charge in [-0.2, -0.15) is 0 Å². The van der Waals surface area contributed by atoms with E-state index in [2.05, 4.69) is 102 Å². The molecule has 4 fully saturated rings. The zero-order valence-electron chi connectivity index (χ0n) is 24.3. The second-order valence-corrected chi connectivity index (χ2v) is 19.4. The predicted molar refractivity (Wildman–Crippen MR) is 160 cm³/mol. The first-order valence-corrected chi connectivity index (χ1v) is 19.5. The second-order valence-electron chi connectivity index (χ2n) is 13.7. The molecule has 0 nitrogen and oxygen atoms in total. The van der Waals surface area contributed by atoms with Crippen molar-refractivity contribution < 1.29 is 46.1 Å². The van der Waals surface area contributed by atoms with Crippen molar-refractivity contribution >= 4 is 3.71 Å². The van der Waals surface area contributed by atoms with E-state index in [9.17, 15) is 0 Å². The third-order valence-electron chi connectivity index (χ3n) is 11.1. The van der Waals surface area contributed by atoms with Gasteiger partial charge in [-0.3, -0.25) is 0 Å². The molecular weight excluding hydrogens is 619 g/mol. The Morgan fingerprint density at radius 1 is 0.732 bits per heavy atom. The van der Waals surface area contributed by atoms with Gasteiger partial charge in [-0.05, 0) is 0 Å². The van der Waals surface area contributed by atoms with E-state index in [1.807, 2.05) is 3.28 Å². The SMILES string of the molecule is CC1=[C](/[Zr+2](=[CH]/c2ccccc2)[CH]2c3ccccc3-c3ccccc32)C(C)C=C1CC12CC3CC(CC(C3)C1)C2.[Cl-].[Cl-]. The molecule has 0 radical (unpaired) electrons. The van der Waals surface area contributed by atoms with Crippen LogP contribution in [0.25, 0.3) is 11.1 Å². The third kappa shape index (κ3) is 5.07. The smallest absolute Gasteiger partial charge is 1.00 e. The van der Waals surface area contributed by atoms with Crippen LogP contribution in [0.15, 0.2) is 99.4 Å². The molecule has 0 aliphatic heterocycles. The summed E-state index contributed by atoms with van der Waals surface area (Å²) in [6.07, 6.45) is 13.2. The molecule has 41 heavy (non-hydrogen) atoms. The van der Waals surface area contributed by atoms with Gasteiger partial charge in [-0.25, -0.2) is 0 Å². The zero-order chi connectivity index (χ0) is 26.1. The summed E-state index contributed by atoms with van der Waals surface area (Å²) in [6.45, 7) is 5.05. The molecule has 0 aromatic heterocycles. The Morgan fingerprint density at radius 2 is 1.24 bits per heavy atom. The van der Waals surface area contributed by atoms with Gasteiger partial charge in [0.25, 0.3) is 0 Å². The molecule has 3 aromatic carbocycles. The summed E-state index contributed by atoms with van der Waals surface area (Å²) in [4.78, 5) is 0. The van der Waals surface area contributed by atoms with Crippen molar-refractivity contribution in [2.24, 2.45) is 29.1 Å². The fourth-order valence-corrected chi connectivity index (χ4v) is 18.9. The molecule has 9 rings (SSSR count). The van der Waals surface area contributed by atoms with Crippen LogP contribution in [0, 0.1) is 29.1 Å². The van der Waals surface area contributed by atoms with Crippen molar-refractivity contribution in [3.05, 3.63) is 116 Å². The Morgan fingerprint density at radius 3 is 1.80 bits per heavy atom. The summed E-state index contributed by atoms with van der Waals surface area (Å²) in [6, 6.07) is 29.9. The van der Waals surface area contributed by atoms with Crippen LogP contribution in [0.5, 0.6) is 0 Å². The molecule has 0 amide bonds. The van der Waals surface area contributed by atoms with Gasteiger partial charge in [0.15, 0.2) is 0 Å². The summed E-state index contributed by atoms with van der Waals surface area (Å²) in [5.41, 5.74) is 11.6. The van der Waals surface area contributed by atoms with E-state index < -0.39 is 21.3 Å². The maximum atomic E-state index is 2.79. The molecule has 4 bridgehead atoms. The molecule has 0 heterocycles. The van der Waals surface area contributed by atoms with Crippen LogP contribution in [0.4, 0.5) is 0 Å². The molecule has 210 valence electrons. The third-order valence-corrected chi connectivity index (χ3v) is 19.3. The van der Waals surface area contributed by atoms with Gasteiger partial charge < -0.3 is 24.8 Å². The molecule has 0 N–H and O–H groups in total. The first-order valence-electron chi connectivity index (χ1n) is 15.4. The normalized spacial score (nSPS) is 29.1. The van der Waals surface area contributed by atoms with Crippen LogP contribution in [-0.2, 0) is 21.3 Å². The average Bonchev–Trinajstić information content (AvgIpc) is 3.40. The molecule has 1 unspecified atom stereocenters. The summed E-state index contributed by atoms with van der Waals surface area (Å²) in [5, 5.41) is 0. The Labute approximate surface area is 266 Å². The largest absolute Gasteiger partial charge is 1.00 e. The second kappa shape index (κ2) is 11.5. The van der Waals surface area contributed by atoms with Crippen LogP contribution in [0.3, 0.4) is 0 Å². The van der Waals surface area contributed by atoms with Crippen molar-refractivity contribution in [3.63, 3.8) is 0 Å². The Hall–Kier alpha value is -1.53. The Balaban J connectivity index is 0.00000151. The van der Waals surface area contributed by atoms with E-state index in [1.54, 1.807) is 22.3 Å². The van der Waals surface area contributed by atoms with Crippen molar-refractivity contribution in [2.45, 2.75) is 62.4 Å². The first-order chi connectivity index (χ1) is 19.1. The van der Waals surface area contributed by atoms with E-state index >= 15 is 0 Å². The Kier molecular flexibility index (Phi) is 8.30. The quantitative estimate of drug-likeness (QED) is 0.393. The Bertz CT molecular complexity index is 1460. The number of allylic oxidation sites excluding steroid dienone is 4. The maximum absolute atomic E-state index is 2.79. The van der Waals surface area contributed by atoms with E-state index in [-0.39, 0.29) is 24.8 Å². The minimum Gasteiger partial charge on any atom is -1.00 e. The number of rotatable bonds is 5. The molecule has 6 aliphatic rings. The van der Waals surface area contributed by atoms with Gasteiger partial charge in [0, 0.05) is 0 Å². The molecule has 1 atom stereocenters. The minimum atomic E-state index is -2.38. The number of hydrogen-bond acceptors (Lipinski definition) is 0.